The lowest BCUT2D eigenvalue weighted by Gasteiger charge is -2.31. The number of hydrogen-bond donors (Lipinski definition) is 1. The zero-order chi connectivity index (χ0) is 29.8. The first-order chi connectivity index (χ1) is 21.0. The average molecular weight is 615 g/mol. The number of hydrogen-bond acceptors (Lipinski definition) is 8. The van der Waals surface area contributed by atoms with E-state index < -0.39 is 17.5 Å². The maximum atomic E-state index is 14.4. The molecule has 1 aromatic heterocycles. The fourth-order valence-corrected chi connectivity index (χ4v) is 6.90. The van der Waals surface area contributed by atoms with Gasteiger partial charge in [0.2, 0.25) is 0 Å². The van der Waals surface area contributed by atoms with Gasteiger partial charge in [0.25, 0.3) is 11.8 Å². The summed E-state index contributed by atoms with van der Waals surface area (Å²) in [5.74, 6) is 0.549. The molecule has 1 saturated heterocycles. The van der Waals surface area contributed by atoms with Crippen LogP contribution in [0.1, 0.15) is 39.7 Å². The normalized spacial score (nSPS) is 17.7. The quantitative estimate of drug-likeness (QED) is 0.241. The number of ether oxygens (including phenoxy) is 2. The van der Waals surface area contributed by atoms with Gasteiger partial charge in [-0.1, -0.05) is 42.5 Å². The Morgan fingerprint density at radius 1 is 1.02 bits per heavy atom. The minimum atomic E-state index is -0.841. The lowest BCUT2D eigenvalue weighted by atomic mass is 10.1. The molecule has 0 radical (unpaired) electrons. The van der Waals surface area contributed by atoms with Gasteiger partial charge in [0, 0.05) is 28.9 Å². The number of aromatic nitrogens is 1. The summed E-state index contributed by atoms with van der Waals surface area (Å²) in [6, 6.07) is 23.2. The molecule has 9 nitrogen and oxygen atoms in total. The van der Waals surface area contributed by atoms with Crippen molar-refractivity contribution in [3.63, 3.8) is 0 Å². The summed E-state index contributed by atoms with van der Waals surface area (Å²) in [6.45, 7) is 0.0765. The highest BCUT2D eigenvalue weighted by Crippen LogP contribution is 2.44. The van der Waals surface area contributed by atoms with Crippen LogP contribution in [0.3, 0.4) is 0 Å². The largest absolute Gasteiger partial charge is 0.497 e. The van der Waals surface area contributed by atoms with Crippen LogP contribution >= 0.6 is 23.1 Å². The third-order valence-corrected chi connectivity index (χ3v) is 9.29. The Hall–Kier alpha value is -4.35. The first-order valence-electron chi connectivity index (χ1n) is 13.9. The SMILES string of the molecule is COc1cccc(C2SCC(C(=O)N(c3ccc(C(=O)NC4CC4)cc3)c3nccs3)N2C(=O)OCc2ccccc2)c1. The molecule has 3 amide bonds. The maximum Gasteiger partial charge on any atom is 0.412 e. The lowest BCUT2D eigenvalue weighted by Crippen LogP contribution is -2.48. The van der Waals surface area contributed by atoms with Gasteiger partial charge >= 0.3 is 6.09 Å². The maximum absolute atomic E-state index is 14.4. The van der Waals surface area contributed by atoms with Crippen molar-refractivity contribution in [3.8, 4) is 5.75 Å². The molecule has 1 aliphatic heterocycles. The topological polar surface area (TPSA) is 101 Å². The third kappa shape index (κ3) is 6.52. The van der Waals surface area contributed by atoms with E-state index in [1.165, 1.54) is 32.9 Å². The van der Waals surface area contributed by atoms with E-state index in [1.54, 1.807) is 43.0 Å². The summed E-state index contributed by atoms with van der Waals surface area (Å²) in [5.41, 5.74) is 2.74. The Balaban J connectivity index is 1.30. The fraction of sp³-hybridized carbons (Fsp3) is 0.250. The van der Waals surface area contributed by atoms with Crippen molar-refractivity contribution in [2.75, 3.05) is 17.8 Å². The van der Waals surface area contributed by atoms with E-state index in [4.69, 9.17) is 9.47 Å². The average Bonchev–Trinajstić information content (AvgIpc) is 3.49. The molecule has 220 valence electrons. The Labute approximate surface area is 257 Å². The fourth-order valence-electron chi connectivity index (χ4n) is 4.83. The number of anilines is 2. The molecule has 11 heteroatoms. The first-order valence-corrected chi connectivity index (χ1v) is 15.8. The summed E-state index contributed by atoms with van der Waals surface area (Å²) in [5, 5.41) is 4.77. The Kier molecular flexibility index (Phi) is 8.62. The van der Waals surface area contributed by atoms with Crippen LogP contribution in [0.5, 0.6) is 5.75 Å². The molecular formula is C32H30N4O5S2. The highest BCUT2D eigenvalue weighted by Gasteiger charge is 2.46. The molecule has 2 heterocycles. The van der Waals surface area contributed by atoms with Crippen LogP contribution in [0, 0.1) is 0 Å². The molecule has 3 aromatic carbocycles. The zero-order valence-corrected chi connectivity index (χ0v) is 25.1. The van der Waals surface area contributed by atoms with E-state index in [0.29, 0.717) is 27.9 Å². The van der Waals surface area contributed by atoms with Crippen LogP contribution in [0.25, 0.3) is 0 Å². The number of carbonyl (C=O) groups excluding carboxylic acids is 3. The molecule has 2 unspecified atom stereocenters. The highest BCUT2D eigenvalue weighted by molar-refractivity contribution is 7.99. The van der Waals surface area contributed by atoms with Crippen molar-refractivity contribution in [2.45, 2.75) is 36.9 Å². The Morgan fingerprint density at radius 3 is 2.51 bits per heavy atom. The lowest BCUT2D eigenvalue weighted by molar-refractivity contribution is -0.121. The van der Waals surface area contributed by atoms with Crippen LogP contribution in [-0.4, -0.2) is 52.7 Å². The van der Waals surface area contributed by atoms with Gasteiger partial charge in [-0.3, -0.25) is 19.4 Å². The summed E-state index contributed by atoms with van der Waals surface area (Å²) < 4.78 is 11.2. The standard InChI is InChI=1S/C32H30N4O5S2/c1-40-26-9-5-8-23(18-26)30-36(32(39)41-19-21-6-3-2-4-7-21)27(20-43-30)29(38)35(31-33-16-17-42-31)25-14-10-22(11-15-25)28(37)34-24-12-13-24/h2-11,14-18,24,27,30H,12-13,19-20H2,1H3,(H,34,37). The van der Waals surface area contributed by atoms with Gasteiger partial charge in [-0.25, -0.2) is 9.78 Å². The number of benzene rings is 3. The van der Waals surface area contributed by atoms with E-state index in [9.17, 15) is 14.4 Å². The predicted octanol–water partition coefficient (Wildman–Crippen LogP) is 6.16. The second kappa shape index (κ2) is 12.9. The highest BCUT2D eigenvalue weighted by atomic mass is 32.2. The summed E-state index contributed by atoms with van der Waals surface area (Å²) >= 11 is 2.81. The molecule has 43 heavy (non-hydrogen) atoms. The van der Waals surface area contributed by atoms with Crippen LogP contribution in [0.2, 0.25) is 0 Å². The van der Waals surface area contributed by atoms with Crippen molar-refractivity contribution >= 4 is 51.8 Å². The van der Waals surface area contributed by atoms with Gasteiger partial charge in [0.1, 0.15) is 23.8 Å². The van der Waals surface area contributed by atoms with Crippen LogP contribution < -0.4 is 15.0 Å². The molecule has 1 aliphatic carbocycles. The van der Waals surface area contributed by atoms with Gasteiger partial charge in [-0.15, -0.1) is 23.1 Å². The molecule has 0 spiro atoms. The third-order valence-electron chi connectivity index (χ3n) is 7.21. The number of rotatable bonds is 9. The molecular weight excluding hydrogens is 585 g/mol. The number of thiazole rings is 1. The summed E-state index contributed by atoms with van der Waals surface area (Å²) in [7, 11) is 1.59. The van der Waals surface area contributed by atoms with Crippen molar-refractivity contribution in [1.29, 1.82) is 0 Å². The number of carbonyl (C=O) groups is 3. The number of methoxy groups -OCH3 is 1. The predicted molar refractivity (Wildman–Crippen MR) is 167 cm³/mol. The van der Waals surface area contributed by atoms with Crippen molar-refractivity contribution in [1.82, 2.24) is 15.2 Å². The summed E-state index contributed by atoms with van der Waals surface area (Å²) in [6.07, 6.45) is 3.03. The van der Waals surface area contributed by atoms with Gasteiger partial charge in [0.05, 0.1) is 12.8 Å². The minimum Gasteiger partial charge on any atom is -0.497 e. The number of nitrogens with zero attached hydrogens (tertiary/aromatic N) is 3. The van der Waals surface area contributed by atoms with Crippen molar-refractivity contribution in [2.24, 2.45) is 0 Å². The smallest absolute Gasteiger partial charge is 0.412 e. The van der Waals surface area contributed by atoms with Gasteiger partial charge < -0.3 is 14.8 Å². The van der Waals surface area contributed by atoms with Crippen LogP contribution in [-0.2, 0) is 16.1 Å². The van der Waals surface area contributed by atoms with E-state index in [0.717, 1.165) is 24.0 Å². The Bertz CT molecular complexity index is 1580. The van der Waals surface area contributed by atoms with Crippen LogP contribution in [0.15, 0.2) is 90.4 Å². The number of amides is 3. The molecule has 2 fully saturated rings. The van der Waals surface area contributed by atoms with Gasteiger partial charge in [-0.2, -0.15) is 0 Å². The molecule has 6 rings (SSSR count). The zero-order valence-electron chi connectivity index (χ0n) is 23.4. The van der Waals surface area contributed by atoms with E-state index in [1.807, 2.05) is 54.6 Å². The molecule has 2 atom stereocenters. The minimum absolute atomic E-state index is 0.0765. The van der Waals surface area contributed by atoms with Crippen LogP contribution in [0.4, 0.5) is 15.6 Å². The van der Waals surface area contributed by atoms with E-state index in [-0.39, 0.29) is 24.5 Å². The molecule has 0 bridgehead atoms. The molecule has 2 aliphatic rings. The second-order valence-corrected chi connectivity index (χ2v) is 12.2. The van der Waals surface area contributed by atoms with Crippen molar-refractivity contribution in [3.05, 3.63) is 107 Å². The first kappa shape index (κ1) is 28.8. The number of nitrogens with one attached hydrogen (secondary N) is 1. The molecule has 1 saturated carbocycles. The monoisotopic (exact) mass is 614 g/mol. The summed E-state index contributed by atoms with van der Waals surface area (Å²) in [4.78, 5) is 48.2. The molecule has 1 N–H and O–H groups in total. The second-order valence-electron chi connectivity index (χ2n) is 10.2. The van der Waals surface area contributed by atoms with E-state index >= 15 is 0 Å². The van der Waals surface area contributed by atoms with Crippen molar-refractivity contribution < 1.29 is 23.9 Å². The van der Waals surface area contributed by atoms with Gasteiger partial charge in [0.15, 0.2) is 5.13 Å². The van der Waals surface area contributed by atoms with E-state index in [2.05, 4.69) is 10.3 Å². The Morgan fingerprint density at radius 2 is 1.81 bits per heavy atom. The van der Waals surface area contributed by atoms with Gasteiger partial charge in [-0.05, 0) is 60.4 Å². The molecule has 4 aromatic rings. The number of thioether (sulfide) groups is 1.